The zero-order valence-electron chi connectivity index (χ0n) is 14.8. The molecule has 0 bridgehead atoms. The first kappa shape index (κ1) is 20.1. The van der Waals surface area contributed by atoms with Crippen LogP contribution in [0.2, 0.25) is 10.0 Å². The second-order valence-electron chi connectivity index (χ2n) is 5.92. The van der Waals surface area contributed by atoms with Crippen LogP contribution >= 0.6 is 23.2 Å². The van der Waals surface area contributed by atoms with Crippen LogP contribution in [0.5, 0.6) is 5.75 Å². The van der Waals surface area contributed by atoms with Gasteiger partial charge in [-0.1, -0.05) is 29.3 Å². The minimum Gasteiger partial charge on any atom is -0.491 e. The van der Waals surface area contributed by atoms with Gasteiger partial charge in [0.2, 0.25) is 11.8 Å². The van der Waals surface area contributed by atoms with Gasteiger partial charge in [-0.15, -0.1) is 0 Å². The lowest BCUT2D eigenvalue weighted by atomic mass is 10.2. The van der Waals surface area contributed by atoms with E-state index in [-0.39, 0.29) is 29.5 Å². The first-order valence-electron chi connectivity index (χ1n) is 8.06. The van der Waals surface area contributed by atoms with Crippen LogP contribution in [0.1, 0.15) is 20.8 Å². The van der Waals surface area contributed by atoms with E-state index in [2.05, 4.69) is 5.32 Å². The molecule has 0 aliphatic carbocycles. The molecule has 0 radical (unpaired) electrons. The molecule has 2 amide bonds. The number of rotatable bonds is 6. The molecule has 0 atom stereocenters. The van der Waals surface area contributed by atoms with Crippen LogP contribution < -0.4 is 15.0 Å². The zero-order chi connectivity index (χ0) is 19.3. The molecular weight excluding hydrogens is 375 g/mol. The average molecular weight is 395 g/mol. The molecule has 0 aliphatic heterocycles. The van der Waals surface area contributed by atoms with Gasteiger partial charge in [0, 0.05) is 12.6 Å². The third-order valence-corrected chi connectivity index (χ3v) is 4.22. The topological polar surface area (TPSA) is 58.6 Å². The van der Waals surface area contributed by atoms with Gasteiger partial charge >= 0.3 is 0 Å². The molecule has 2 rings (SSSR count). The Hall–Kier alpha value is -2.24. The van der Waals surface area contributed by atoms with Crippen molar-refractivity contribution in [2.24, 2.45) is 0 Å². The van der Waals surface area contributed by atoms with Gasteiger partial charge in [-0.05, 0) is 50.2 Å². The standard InChI is InChI=1S/C19H20Cl2N2O3/c1-12(2)26-15-9-7-14(8-10-15)22-18(25)11-23(13(3)24)17-6-4-5-16(20)19(17)21/h4-10,12H,11H2,1-3H3,(H,22,25). The van der Waals surface area contributed by atoms with Crippen molar-refractivity contribution in [1.82, 2.24) is 0 Å². The Morgan fingerprint density at radius 3 is 2.35 bits per heavy atom. The van der Waals surface area contributed by atoms with Crippen molar-refractivity contribution in [3.05, 3.63) is 52.5 Å². The summed E-state index contributed by atoms with van der Waals surface area (Å²) >= 11 is 12.2. The first-order chi connectivity index (χ1) is 12.3. The summed E-state index contributed by atoms with van der Waals surface area (Å²) in [5.74, 6) is 0.0489. The van der Waals surface area contributed by atoms with E-state index in [0.29, 0.717) is 22.1 Å². The van der Waals surface area contributed by atoms with Crippen LogP contribution in [0, 0.1) is 0 Å². The Morgan fingerprint density at radius 1 is 1.12 bits per heavy atom. The van der Waals surface area contributed by atoms with Crippen molar-refractivity contribution in [3.8, 4) is 5.75 Å². The van der Waals surface area contributed by atoms with Crippen LogP contribution in [0.4, 0.5) is 11.4 Å². The maximum Gasteiger partial charge on any atom is 0.244 e. The summed E-state index contributed by atoms with van der Waals surface area (Å²) in [4.78, 5) is 25.6. The predicted octanol–water partition coefficient (Wildman–Crippen LogP) is 4.77. The molecule has 5 nitrogen and oxygen atoms in total. The third-order valence-electron chi connectivity index (χ3n) is 3.41. The van der Waals surface area contributed by atoms with Crippen molar-refractivity contribution in [3.63, 3.8) is 0 Å². The fourth-order valence-electron chi connectivity index (χ4n) is 2.30. The highest BCUT2D eigenvalue weighted by molar-refractivity contribution is 6.44. The first-order valence-corrected chi connectivity index (χ1v) is 8.82. The molecule has 0 aromatic heterocycles. The van der Waals surface area contributed by atoms with Gasteiger partial charge in [-0.3, -0.25) is 9.59 Å². The number of amides is 2. The number of nitrogens with one attached hydrogen (secondary N) is 1. The third kappa shape index (κ3) is 5.38. The molecule has 0 aliphatic rings. The normalized spacial score (nSPS) is 10.5. The van der Waals surface area contributed by atoms with Crippen LogP contribution in [-0.2, 0) is 9.59 Å². The van der Waals surface area contributed by atoms with Crippen molar-refractivity contribution < 1.29 is 14.3 Å². The Labute approximate surface area is 162 Å². The molecule has 0 saturated carbocycles. The Kier molecular flexibility index (Phi) is 6.89. The highest BCUT2D eigenvalue weighted by Gasteiger charge is 2.19. The number of carbonyl (C=O) groups is 2. The monoisotopic (exact) mass is 394 g/mol. The lowest BCUT2D eigenvalue weighted by molar-refractivity contribution is -0.120. The van der Waals surface area contributed by atoms with E-state index in [1.807, 2.05) is 13.8 Å². The average Bonchev–Trinajstić information content (AvgIpc) is 2.56. The van der Waals surface area contributed by atoms with E-state index in [4.69, 9.17) is 27.9 Å². The SMILES string of the molecule is CC(=O)N(CC(=O)Nc1ccc(OC(C)C)cc1)c1cccc(Cl)c1Cl. The fourth-order valence-corrected chi connectivity index (χ4v) is 2.70. The van der Waals surface area contributed by atoms with Crippen LogP contribution in [-0.4, -0.2) is 24.5 Å². The van der Waals surface area contributed by atoms with E-state index in [1.165, 1.54) is 11.8 Å². The summed E-state index contributed by atoms with van der Waals surface area (Å²) < 4.78 is 5.56. The van der Waals surface area contributed by atoms with Gasteiger partial charge in [0.1, 0.15) is 12.3 Å². The number of nitrogens with zero attached hydrogens (tertiary/aromatic N) is 1. The van der Waals surface area contributed by atoms with Crippen molar-refractivity contribution in [2.45, 2.75) is 26.9 Å². The van der Waals surface area contributed by atoms with Gasteiger partial charge in [-0.2, -0.15) is 0 Å². The van der Waals surface area contributed by atoms with Gasteiger partial charge in [0.05, 0.1) is 21.8 Å². The Balaban J connectivity index is 2.08. The fraction of sp³-hybridized carbons (Fsp3) is 0.263. The Morgan fingerprint density at radius 2 is 1.77 bits per heavy atom. The molecule has 0 heterocycles. The van der Waals surface area contributed by atoms with E-state index < -0.39 is 0 Å². The number of hydrogen-bond acceptors (Lipinski definition) is 3. The minimum absolute atomic E-state index is 0.0713. The van der Waals surface area contributed by atoms with Crippen molar-refractivity contribution in [1.29, 1.82) is 0 Å². The molecule has 2 aromatic rings. The van der Waals surface area contributed by atoms with E-state index in [0.717, 1.165) is 0 Å². The quantitative estimate of drug-likeness (QED) is 0.767. The molecule has 2 aromatic carbocycles. The smallest absolute Gasteiger partial charge is 0.244 e. The number of halogens is 2. The molecule has 0 saturated heterocycles. The van der Waals surface area contributed by atoms with Gasteiger partial charge in [0.25, 0.3) is 0 Å². The highest BCUT2D eigenvalue weighted by atomic mass is 35.5. The molecule has 1 N–H and O–H groups in total. The van der Waals surface area contributed by atoms with Crippen molar-refractivity contribution in [2.75, 3.05) is 16.8 Å². The minimum atomic E-state index is -0.353. The summed E-state index contributed by atoms with van der Waals surface area (Å²) in [6, 6.07) is 11.9. The number of anilines is 2. The molecule has 0 fully saturated rings. The molecule has 0 unspecified atom stereocenters. The summed E-state index contributed by atoms with van der Waals surface area (Å²) in [5, 5.41) is 3.29. The predicted molar refractivity (Wildman–Crippen MR) is 105 cm³/mol. The summed E-state index contributed by atoms with van der Waals surface area (Å²) in [5.41, 5.74) is 0.995. The molecule has 138 valence electrons. The van der Waals surface area contributed by atoms with E-state index in [9.17, 15) is 9.59 Å². The number of hydrogen-bond donors (Lipinski definition) is 1. The molecule has 26 heavy (non-hydrogen) atoms. The number of ether oxygens (including phenoxy) is 1. The summed E-state index contributed by atoms with van der Waals surface area (Å²) in [6.45, 7) is 5.06. The Bertz CT molecular complexity index is 792. The lowest BCUT2D eigenvalue weighted by Gasteiger charge is -2.22. The van der Waals surface area contributed by atoms with E-state index in [1.54, 1.807) is 42.5 Å². The summed E-state index contributed by atoms with van der Waals surface area (Å²) in [7, 11) is 0. The van der Waals surface area contributed by atoms with Crippen molar-refractivity contribution >= 4 is 46.4 Å². The van der Waals surface area contributed by atoms with Crippen LogP contribution in [0.3, 0.4) is 0 Å². The van der Waals surface area contributed by atoms with Crippen LogP contribution in [0.15, 0.2) is 42.5 Å². The van der Waals surface area contributed by atoms with Gasteiger partial charge < -0.3 is 15.0 Å². The van der Waals surface area contributed by atoms with Gasteiger partial charge in [-0.25, -0.2) is 0 Å². The zero-order valence-corrected chi connectivity index (χ0v) is 16.3. The van der Waals surface area contributed by atoms with Crippen LogP contribution in [0.25, 0.3) is 0 Å². The number of benzene rings is 2. The maximum atomic E-state index is 12.3. The number of carbonyl (C=O) groups excluding carboxylic acids is 2. The second kappa shape index (κ2) is 8.92. The summed E-state index contributed by atoms with van der Waals surface area (Å²) in [6.07, 6.45) is 0.0713. The molecule has 7 heteroatoms. The van der Waals surface area contributed by atoms with Gasteiger partial charge in [0.15, 0.2) is 0 Å². The maximum absolute atomic E-state index is 12.3. The molecular formula is C19H20Cl2N2O3. The lowest BCUT2D eigenvalue weighted by Crippen LogP contribution is -2.36. The highest BCUT2D eigenvalue weighted by Crippen LogP contribution is 2.32. The largest absolute Gasteiger partial charge is 0.491 e. The second-order valence-corrected chi connectivity index (χ2v) is 6.70. The molecule has 0 spiro atoms. The van der Waals surface area contributed by atoms with E-state index >= 15 is 0 Å².